The Bertz CT molecular complexity index is 956. The Morgan fingerprint density at radius 3 is 2.25 bits per heavy atom. The number of para-hydroxylation sites is 1. The van der Waals surface area contributed by atoms with Crippen LogP contribution in [0.2, 0.25) is 0 Å². The van der Waals surface area contributed by atoms with E-state index in [-0.39, 0.29) is 19.0 Å². The van der Waals surface area contributed by atoms with Crippen LogP contribution in [0.4, 0.5) is 0 Å². The molecule has 0 amide bonds. The molecule has 0 aliphatic heterocycles. The van der Waals surface area contributed by atoms with Gasteiger partial charge in [0, 0.05) is 3.57 Å². The van der Waals surface area contributed by atoms with E-state index in [0.29, 0.717) is 16.9 Å². The molecule has 0 saturated heterocycles. The van der Waals surface area contributed by atoms with Gasteiger partial charge in [0.25, 0.3) is 0 Å². The lowest BCUT2D eigenvalue weighted by molar-refractivity contribution is 0.0449. The van der Waals surface area contributed by atoms with Crippen LogP contribution in [0.15, 0.2) is 78.9 Å². The number of esters is 2. The Labute approximate surface area is 176 Å². The third kappa shape index (κ3) is 5.56. The number of ether oxygens (including phenoxy) is 3. The van der Waals surface area contributed by atoms with Gasteiger partial charge in [-0.15, -0.1) is 0 Å². The van der Waals surface area contributed by atoms with Crippen molar-refractivity contribution < 1.29 is 23.8 Å². The van der Waals surface area contributed by atoms with Crippen LogP contribution in [0.1, 0.15) is 20.7 Å². The monoisotopic (exact) mass is 488 g/mol. The van der Waals surface area contributed by atoms with E-state index in [1.54, 1.807) is 30.3 Å². The quantitative estimate of drug-likeness (QED) is 0.208. The highest BCUT2D eigenvalue weighted by molar-refractivity contribution is 14.1. The minimum atomic E-state index is -0.510. The molecule has 0 radical (unpaired) electrons. The second-order valence-corrected chi connectivity index (χ2v) is 6.86. The molecule has 0 fully saturated rings. The number of hydrogen-bond acceptors (Lipinski definition) is 5. The second-order valence-electron chi connectivity index (χ2n) is 5.69. The van der Waals surface area contributed by atoms with Crippen LogP contribution < -0.4 is 9.47 Å². The summed E-state index contributed by atoms with van der Waals surface area (Å²) in [6.45, 7) is 0.358. The number of halogens is 1. The Balaban J connectivity index is 1.54. The van der Waals surface area contributed by atoms with Crippen LogP contribution in [-0.4, -0.2) is 25.2 Å². The number of carbonyl (C=O) groups is 2. The molecular formula is C22H17IO5. The molecule has 0 bridgehead atoms. The van der Waals surface area contributed by atoms with E-state index in [4.69, 9.17) is 14.2 Å². The summed E-state index contributed by atoms with van der Waals surface area (Å²) in [7, 11) is 0. The van der Waals surface area contributed by atoms with Gasteiger partial charge in [-0.25, -0.2) is 9.59 Å². The van der Waals surface area contributed by atoms with E-state index in [0.717, 1.165) is 3.57 Å². The molecule has 0 spiro atoms. The number of benzene rings is 3. The zero-order chi connectivity index (χ0) is 19.8. The van der Waals surface area contributed by atoms with Gasteiger partial charge in [0.05, 0.1) is 11.1 Å². The van der Waals surface area contributed by atoms with Crippen LogP contribution in [0.3, 0.4) is 0 Å². The first kappa shape index (κ1) is 19.9. The minimum Gasteiger partial charge on any atom is -0.490 e. The number of hydrogen-bond donors (Lipinski definition) is 0. The molecule has 0 heterocycles. The van der Waals surface area contributed by atoms with Crippen molar-refractivity contribution in [3.63, 3.8) is 0 Å². The van der Waals surface area contributed by atoms with Gasteiger partial charge in [-0.3, -0.25) is 0 Å². The van der Waals surface area contributed by atoms with E-state index in [2.05, 4.69) is 22.6 Å². The van der Waals surface area contributed by atoms with Gasteiger partial charge in [-0.2, -0.15) is 0 Å². The number of rotatable bonds is 7. The lowest BCUT2D eigenvalue weighted by Crippen LogP contribution is -2.13. The molecule has 142 valence electrons. The molecule has 0 saturated carbocycles. The molecule has 3 aromatic carbocycles. The van der Waals surface area contributed by atoms with Crippen LogP contribution in [0.25, 0.3) is 0 Å². The lowest BCUT2D eigenvalue weighted by atomic mass is 10.2. The SMILES string of the molecule is O=C(OCCOc1ccccc1)c1cccc(OC(=O)c2ccccc2I)c1. The summed E-state index contributed by atoms with van der Waals surface area (Å²) in [5.41, 5.74) is 0.766. The third-order valence-electron chi connectivity index (χ3n) is 3.70. The summed E-state index contributed by atoms with van der Waals surface area (Å²) in [6, 6.07) is 22.7. The zero-order valence-electron chi connectivity index (χ0n) is 14.8. The summed E-state index contributed by atoms with van der Waals surface area (Å²) in [6.07, 6.45) is 0. The Morgan fingerprint density at radius 2 is 1.46 bits per heavy atom. The second kappa shape index (κ2) is 9.89. The molecule has 0 N–H and O–H groups in total. The van der Waals surface area contributed by atoms with Crippen molar-refractivity contribution in [1.29, 1.82) is 0 Å². The van der Waals surface area contributed by atoms with Crippen molar-refractivity contribution in [2.24, 2.45) is 0 Å². The van der Waals surface area contributed by atoms with Crippen molar-refractivity contribution in [2.75, 3.05) is 13.2 Å². The van der Waals surface area contributed by atoms with Crippen molar-refractivity contribution in [2.45, 2.75) is 0 Å². The van der Waals surface area contributed by atoms with E-state index >= 15 is 0 Å². The Morgan fingerprint density at radius 1 is 0.750 bits per heavy atom. The van der Waals surface area contributed by atoms with E-state index < -0.39 is 11.9 Å². The molecule has 0 atom stereocenters. The molecule has 28 heavy (non-hydrogen) atoms. The maximum absolute atomic E-state index is 12.3. The molecule has 6 heteroatoms. The minimum absolute atomic E-state index is 0.111. The van der Waals surface area contributed by atoms with E-state index in [9.17, 15) is 9.59 Å². The molecule has 3 rings (SSSR count). The highest BCUT2D eigenvalue weighted by Gasteiger charge is 2.14. The average Bonchev–Trinajstić information content (AvgIpc) is 2.72. The van der Waals surface area contributed by atoms with Gasteiger partial charge >= 0.3 is 11.9 Å². The normalized spacial score (nSPS) is 10.2. The maximum atomic E-state index is 12.3. The van der Waals surface area contributed by atoms with E-state index in [1.165, 1.54) is 6.07 Å². The maximum Gasteiger partial charge on any atom is 0.344 e. The van der Waals surface area contributed by atoms with Crippen LogP contribution in [0.5, 0.6) is 11.5 Å². The molecule has 5 nitrogen and oxygen atoms in total. The molecular weight excluding hydrogens is 471 g/mol. The molecule has 0 unspecified atom stereocenters. The first-order valence-electron chi connectivity index (χ1n) is 8.55. The fourth-order valence-electron chi connectivity index (χ4n) is 2.37. The Kier molecular flexibility index (Phi) is 7.02. The lowest BCUT2D eigenvalue weighted by Gasteiger charge is -2.09. The summed E-state index contributed by atoms with van der Waals surface area (Å²) < 4.78 is 16.9. The summed E-state index contributed by atoms with van der Waals surface area (Å²) >= 11 is 2.07. The fourth-order valence-corrected chi connectivity index (χ4v) is 2.98. The molecule has 0 aromatic heterocycles. The zero-order valence-corrected chi connectivity index (χ0v) is 17.0. The molecule has 3 aromatic rings. The van der Waals surface area contributed by atoms with E-state index in [1.807, 2.05) is 42.5 Å². The first-order valence-corrected chi connectivity index (χ1v) is 9.63. The predicted molar refractivity (Wildman–Crippen MR) is 113 cm³/mol. The third-order valence-corrected chi connectivity index (χ3v) is 4.64. The van der Waals surface area contributed by atoms with Crippen LogP contribution in [0, 0.1) is 3.57 Å². The topological polar surface area (TPSA) is 61.8 Å². The van der Waals surface area contributed by atoms with Crippen molar-refractivity contribution in [3.8, 4) is 11.5 Å². The highest BCUT2D eigenvalue weighted by Crippen LogP contribution is 2.18. The fraction of sp³-hybridized carbons (Fsp3) is 0.0909. The van der Waals surface area contributed by atoms with Crippen molar-refractivity contribution in [1.82, 2.24) is 0 Å². The molecule has 0 aliphatic carbocycles. The van der Waals surface area contributed by atoms with Gasteiger partial charge in [0.1, 0.15) is 24.7 Å². The van der Waals surface area contributed by atoms with Gasteiger partial charge in [-0.1, -0.05) is 36.4 Å². The van der Waals surface area contributed by atoms with Crippen LogP contribution in [-0.2, 0) is 4.74 Å². The van der Waals surface area contributed by atoms with Crippen LogP contribution >= 0.6 is 22.6 Å². The highest BCUT2D eigenvalue weighted by atomic mass is 127. The summed E-state index contributed by atoms with van der Waals surface area (Å²) in [5, 5.41) is 0. The van der Waals surface area contributed by atoms with Gasteiger partial charge in [0.15, 0.2) is 0 Å². The largest absolute Gasteiger partial charge is 0.490 e. The predicted octanol–water partition coefficient (Wildman–Crippen LogP) is 4.75. The summed E-state index contributed by atoms with van der Waals surface area (Å²) in [4.78, 5) is 24.5. The van der Waals surface area contributed by atoms with Gasteiger partial charge in [0.2, 0.25) is 0 Å². The molecule has 0 aliphatic rings. The summed E-state index contributed by atoms with van der Waals surface area (Å²) in [5.74, 6) is -0.00160. The Hall–Kier alpha value is -2.87. The van der Waals surface area contributed by atoms with Gasteiger partial charge in [-0.05, 0) is 65.1 Å². The number of carbonyl (C=O) groups excluding carboxylic acids is 2. The van der Waals surface area contributed by atoms with Crippen molar-refractivity contribution >= 4 is 34.5 Å². The van der Waals surface area contributed by atoms with Crippen molar-refractivity contribution in [3.05, 3.63) is 93.6 Å². The van der Waals surface area contributed by atoms with Gasteiger partial charge < -0.3 is 14.2 Å². The smallest absolute Gasteiger partial charge is 0.344 e. The average molecular weight is 488 g/mol. The standard InChI is InChI=1S/C22H17IO5/c23-20-12-5-4-11-19(20)22(25)28-18-10-6-7-16(15-18)21(24)27-14-13-26-17-8-2-1-3-9-17/h1-12,15H,13-14H2. The first-order chi connectivity index (χ1) is 13.6.